The lowest BCUT2D eigenvalue weighted by Gasteiger charge is -1.95. The molecule has 2 aromatic rings. The van der Waals surface area contributed by atoms with Gasteiger partial charge in [-0.25, -0.2) is 4.98 Å². The molecule has 0 bridgehead atoms. The maximum absolute atomic E-state index is 8.84. The van der Waals surface area contributed by atoms with Crippen molar-refractivity contribution in [3.8, 4) is 6.07 Å². The van der Waals surface area contributed by atoms with E-state index in [0.717, 1.165) is 10.2 Å². The fourth-order valence-electron chi connectivity index (χ4n) is 0.881. The van der Waals surface area contributed by atoms with Gasteiger partial charge in [-0.3, -0.25) is 0 Å². The van der Waals surface area contributed by atoms with Gasteiger partial charge in [0.1, 0.15) is 16.9 Å². The van der Waals surface area contributed by atoms with Crippen LogP contribution in [0, 0.1) is 18.3 Å². The number of hydrogen-bond donors (Lipinski definition) is 0. The van der Waals surface area contributed by atoms with Gasteiger partial charge in [0.15, 0.2) is 4.34 Å². The van der Waals surface area contributed by atoms with Crippen LogP contribution in [0.1, 0.15) is 11.4 Å². The smallest absolute Gasteiger partial charge is 0.176 e. The summed E-state index contributed by atoms with van der Waals surface area (Å²) in [5.41, 5.74) is 0.503. The minimum atomic E-state index is 0.503. The first-order valence-electron chi connectivity index (χ1n) is 3.99. The van der Waals surface area contributed by atoms with E-state index in [1.807, 2.05) is 6.92 Å². The molecule has 15 heavy (non-hydrogen) atoms. The van der Waals surface area contributed by atoms with Gasteiger partial charge in [-0.2, -0.15) is 14.7 Å². The maximum atomic E-state index is 8.84. The topological polar surface area (TPSA) is 75.3 Å². The molecule has 2 rings (SSSR count). The lowest BCUT2D eigenvalue weighted by molar-refractivity contribution is 0.918. The molecule has 0 saturated heterocycles. The van der Waals surface area contributed by atoms with Crippen LogP contribution in [0.15, 0.2) is 21.6 Å². The van der Waals surface area contributed by atoms with E-state index in [4.69, 9.17) is 5.26 Å². The lowest BCUT2D eigenvalue weighted by Crippen LogP contribution is -1.88. The van der Waals surface area contributed by atoms with Gasteiger partial charge in [0, 0.05) is 0 Å². The number of hydrogen-bond acceptors (Lipinski definition) is 7. The molecule has 2 aromatic heterocycles. The van der Waals surface area contributed by atoms with Crippen LogP contribution in [-0.2, 0) is 0 Å². The largest absolute Gasteiger partial charge is 0.213 e. The molecule has 0 aliphatic carbocycles. The highest BCUT2D eigenvalue weighted by molar-refractivity contribution is 8.00. The second kappa shape index (κ2) is 4.33. The van der Waals surface area contributed by atoms with Crippen molar-refractivity contribution in [1.29, 1.82) is 5.26 Å². The Morgan fingerprint density at radius 2 is 2.40 bits per heavy atom. The van der Waals surface area contributed by atoms with E-state index in [9.17, 15) is 0 Å². The Morgan fingerprint density at radius 1 is 1.53 bits per heavy atom. The van der Waals surface area contributed by atoms with E-state index in [0.29, 0.717) is 10.6 Å². The molecular weight excluding hydrogens is 230 g/mol. The standard InChI is InChI=1S/C8H5N5S2/c1-5-11-8(15-13-5)14-7-6(4-9)2-3-10-12-7/h2-3H,1H3. The molecule has 0 aliphatic rings. The summed E-state index contributed by atoms with van der Waals surface area (Å²) in [6, 6.07) is 3.68. The van der Waals surface area contributed by atoms with Crippen LogP contribution in [-0.4, -0.2) is 19.6 Å². The Morgan fingerprint density at radius 3 is 3.07 bits per heavy atom. The van der Waals surface area contributed by atoms with Gasteiger partial charge in [-0.15, -0.1) is 5.10 Å². The fraction of sp³-hybridized carbons (Fsp3) is 0.125. The zero-order valence-corrected chi connectivity index (χ0v) is 9.34. The van der Waals surface area contributed by atoms with E-state index in [2.05, 4.69) is 25.6 Å². The molecule has 0 aromatic carbocycles. The quantitative estimate of drug-likeness (QED) is 0.788. The van der Waals surface area contributed by atoms with E-state index in [1.165, 1.54) is 29.5 Å². The van der Waals surface area contributed by atoms with Crippen LogP contribution < -0.4 is 0 Å². The number of rotatable bonds is 2. The van der Waals surface area contributed by atoms with E-state index in [1.54, 1.807) is 6.07 Å². The minimum Gasteiger partial charge on any atom is -0.213 e. The van der Waals surface area contributed by atoms with Gasteiger partial charge in [0.05, 0.1) is 11.8 Å². The first-order chi connectivity index (χ1) is 7.29. The van der Waals surface area contributed by atoms with Crippen LogP contribution in [0.2, 0.25) is 0 Å². The van der Waals surface area contributed by atoms with Crippen molar-refractivity contribution in [1.82, 2.24) is 19.6 Å². The molecule has 0 aliphatic heterocycles. The molecule has 7 heteroatoms. The van der Waals surface area contributed by atoms with Crippen LogP contribution in [0.4, 0.5) is 0 Å². The molecule has 0 atom stereocenters. The van der Waals surface area contributed by atoms with Crippen molar-refractivity contribution < 1.29 is 0 Å². The summed E-state index contributed by atoms with van der Waals surface area (Å²) in [7, 11) is 0. The van der Waals surface area contributed by atoms with E-state index >= 15 is 0 Å². The van der Waals surface area contributed by atoms with Crippen LogP contribution in [0.5, 0.6) is 0 Å². The third-order valence-corrected chi connectivity index (χ3v) is 3.34. The van der Waals surface area contributed by atoms with Crippen molar-refractivity contribution in [2.24, 2.45) is 0 Å². The van der Waals surface area contributed by atoms with E-state index in [-0.39, 0.29) is 0 Å². The molecule has 0 spiro atoms. The molecule has 0 amide bonds. The first kappa shape index (κ1) is 10.0. The Kier molecular flexibility index (Phi) is 2.89. The molecule has 74 valence electrons. The molecule has 0 N–H and O–H groups in total. The third-order valence-electron chi connectivity index (χ3n) is 1.50. The highest BCUT2D eigenvalue weighted by Crippen LogP contribution is 2.28. The number of nitriles is 1. The zero-order valence-electron chi connectivity index (χ0n) is 7.71. The predicted octanol–water partition coefficient (Wildman–Crippen LogP) is 1.66. The van der Waals surface area contributed by atoms with Gasteiger partial charge in [-0.05, 0) is 36.3 Å². The fourth-order valence-corrected chi connectivity index (χ4v) is 2.46. The second-order valence-electron chi connectivity index (χ2n) is 2.57. The van der Waals surface area contributed by atoms with E-state index < -0.39 is 0 Å². The van der Waals surface area contributed by atoms with Crippen LogP contribution in [0.25, 0.3) is 0 Å². The number of aromatic nitrogens is 4. The molecular formula is C8H5N5S2. The Labute approximate surface area is 94.4 Å². The van der Waals surface area contributed by atoms with Gasteiger partial charge < -0.3 is 0 Å². The lowest BCUT2D eigenvalue weighted by atomic mass is 10.3. The maximum Gasteiger partial charge on any atom is 0.176 e. The molecule has 0 unspecified atom stereocenters. The molecule has 0 fully saturated rings. The van der Waals surface area contributed by atoms with Crippen molar-refractivity contribution >= 4 is 23.3 Å². The van der Waals surface area contributed by atoms with Gasteiger partial charge in [-0.1, -0.05) is 0 Å². The SMILES string of the molecule is Cc1nsc(Sc2nnccc2C#N)n1. The second-order valence-corrected chi connectivity index (χ2v) is 4.56. The molecule has 0 saturated carbocycles. The Balaban J connectivity index is 2.28. The summed E-state index contributed by atoms with van der Waals surface area (Å²) in [6.07, 6.45) is 1.49. The first-order valence-corrected chi connectivity index (χ1v) is 5.58. The molecule has 2 heterocycles. The summed E-state index contributed by atoms with van der Waals surface area (Å²) in [6.45, 7) is 1.82. The van der Waals surface area contributed by atoms with Gasteiger partial charge in [0.25, 0.3) is 0 Å². The van der Waals surface area contributed by atoms with Gasteiger partial charge in [0.2, 0.25) is 0 Å². The summed E-state index contributed by atoms with van der Waals surface area (Å²) >= 11 is 2.60. The molecule has 5 nitrogen and oxygen atoms in total. The normalized spacial score (nSPS) is 9.87. The Hall–Kier alpha value is -1.52. The van der Waals surface area contributed by atoms with Crippen LogP contribution in [0.3, 0.4) is 0 Å². The third kappa shape index (κ3) is 2.29. The summed E-state index contributed by atoms with van der Waals surface area (Å²) in [5, 5.41) is 17.0. The van der Waals surface area contributed by atoms with Crippen molar-refractivity contribution in [3.63, 3.8) is 0 Å². The zero-order chi connectivity index (χ0) is 10.7. The minimum absolute atomic E-state index is 0.503. The number of nitrogens with zero attached hydrogens (tertiary/aromatic N) is 5. The summed E-state index contributed by atoms with van der Waals surface area (Å²) in [5.74, 6) is 0.727. The summed E-state index contributed by atoms with van der Waals surface area (Å²) in [4.78, 5) is 4.17. The van der Waals surface area contributed by atoms with Crippen molar-refractivity contribution in [2.75, 3.05) is 0 Å². The average molecular weight is 235 g/mol. The predicted molar refractivity (Wildman–Crippen MR) is 55.5 cm³/mol. The van der Waals surface area contributed by atoms with Crippen LogP contribution >= 0.6 is 23.3 Å². The Bertz CT molecular complexity index is 516. The van der Waals surface area contributed by atoms with Gasteiger partial charge >= 0.3 is 0 Å². The molecule has 0 radical (unpaired) electrons. The number of aryl methyl sites for hydroxylation is 1. The average Bonchev–Trinajstić information content (AvgIpc) is 2.65. The highest BCUT2D eigenvalue weighted by Gasteiger charge is 2.08. The van der Waals surface area contributed by atoms with Crippen molar-refractivity contribution in [2.45, 2.75) is 16.3 Å². The monoisotopic (exact) mass is 235 g/mol. The summed E-state index contributed by atoms with van der Waals surface area (Å²) < 4.78 is 4.81. The highest BCUT2D eigenvalue weighted by atomic mass is 32.2. The van der Waals surface area contributed by atoms with Crippen molar-refractivity contribution in [3.05, 3.63) is 23.7 Å².